The Bertz CT molecular complexity index is 730. The molecule has 0 unspecified atom stereocenters. The minimum absolute atomic E-state index is 0.333. The van der Waals surface area contributed by atoms with E-state index in [-0.39, 0.29) is 5.82 Å². The van der Waals surface area contributed by atoms with Crippen molar-refractivity contribution >= 4 is 16.7 Å². The van der Waals surface area contributed by atoms with Gasteiger partial charge in [0.1, 0.15) is 17.2 Å². The molecule has 0 bridgehead atoms. The van der Waals surface area contributed by atoms with Crippen molar-refractivity contribution in [2.45, 2.75) is 6.92 Å². The van der Waals surface area contributed by atoms with E-state index in [1.165, 1.54) is 12.1 Å². The molecule has 2 aromatic carbocycles. The van der Waals surface area contributed by atoms with Crippen LogP contribution in [0, 0.1) is 12.7 Å². The van der Waals surface area contributed by atoms with Gasteiger partial charge in [-0.3, -0.25) is 0 Å². The first-order valence-electron chi connectivity index (χ1n) is 5.69. The summed E-state index contributed by atoms with van der Waals surface area (Å²) >= 11 is 0. The number of nitrogen functional groups attached to an aromatic ring is 1. The molecule has 0 amide bonds. The van der Waals surface area contributed by atoms with E-state index in [1.807, 2.05) is 31.2 Å². The van der Waals surface area contributed by atoms with Crippen LogP contribution >= 0.6 is 0 Å². The Morgan fingerprint density at radius 2 is 1.89 bits per heavy atom. The van der Waals surface area contributed by atoms with Crippen molar-refractivity contribution in [2.24, 2.45) is 0 Å². The van der Waals surface area contributed by atoms with Gasteiger partial charge >= 0.3 is 0 Å². The number of furan rings is 1. The molecule has 0 saturated carbocycles. The molecule has 0 aliphatic rings. The number of fused-ring (bicyclic) bond motifs is 1. The van der Waals surface area contributed by atoms with Crippen molar-refractivity contribution in [2.75, 3.05) is 5.73 Å². The number of anilines is 1. The highest BCUT2D eigenvalue weighted by atomic mass is 19.1. The predicted molar refractivity (Wildman–Crippen MR) is 70.8 cm³/mol. The average Bonchev–Trinajstić information content (AvgIpc) is 2.74. The fraction of sp³-hybridized carbons (Fsp3) is 0.0667. The van der Waals surface area contributed by atoms with Gasteiger partial charge in [0.15, 0.2) is 0 Å². The number of benzene rings is 2. The maximum atomic E-state index is 13.7. The number of hydrogen-bond donors (Lipinski definition) is 1. The SMILES string of the molecule is Cc1ccc2oc(-c3cc(N)ccc3F)cc2c1. The lowest BCUT2D eigenvalue weighted by molar-refractivity contribution is 0.602. The van der Waals surface area contributed by atoms with Crippen LogP contribution in [0.15, 0.2) is 46.9 Å². The van der Waals surface area contributed by atoms with Gasteiger partial charge in [0.2, 0.25) is 0 Å². The van der Waals surface area contributed by atoms with E-state index in [0.29, 0.717) is 17.0 Å². The van der Waals surface area contributed by atoms with Gasteiger partial charge in [0.05, 0.1) is 5.56 Å². The predicted octanol–water partition coefficient (Wildman–Crippen LogP) is 4.13. The van der Waals surface area contributed by atoms with Crippen molar-refractivity contribution in [1.82, 2.24) is 0 Å². The van der Waals surface area contributed by atoms with Crippen LogP contribution < -0.4 is 5.73 Å². The third-order valence-electron chi connectivity index (χ3n) is 2.93. The summed E-state index contributed by atoms with van der Waals surface area (Å²) < 4.78 is 19.4. The minimum atomic E-state index is -0.333. The molecule has 1 aromatic heterocycles. The zero-order chi connectivity index (χ0) is 12.7. The van der Waals surface area contributed by atoms with Gasteiger partial charge in [-0.2, -0.15) is 0 Å². The maximum Gasteiger partial charge on any atom is 0.138 e. The number of rotatable bonds is 1. The second-order valence-electron chi connectivity index (χ2n) is 4.39. The summed E-state index contributed by atoms with van der Waals surface area (Å²) in [7, 11) is 0. The Balaban J connectivity index is 2.22. The summed E-state index contributed by atoms with van der Waals surface area (Å²) in [5.41, 5.74) is 8.47. The van der Waals surface area contributed by atoms with Crippen molar-refractivity contribution < 1.29 is 8.81 Å². The van der Waals surface area contributed by atoms with Crippen LogP contribution in [-0.4, -0.2) is 0 Å². The van der Waals surface area contributed by atoms with Crippen molar-refractivity contribution in [1.29, 1.82) is 0 Å². The largest absolute Gasteiger partial charge is 0.456 e. The zero-order valence-corrected chi connectivity index (χ0v) is 9.91. The van der Waals surface area contributed by atoms with Gasteiger partial charge in [-0.05, 0) is 43.3 Å². The highest BCUT2D eigenvalue weighted by Gasteiger charge is 2.11. The zero-order valence-electron chi connectivity index (χ0n) is 9.91. The van der Waals surface area contributed by atoms with Crippen LogP contribution in [0.3, 0.4) is 0 Å². The maximum absolute atomic E-state index is 13.7. The van der Waals surface area contributed by atoms with E-state index in [9.17, 15) is 4.39 Å². The van der Waals surface area contributed by atoms with Gasteiger partial charge in [-0.1, -0.05) is 11.6 Å². The van der Waals surface area contributed by atoms with Gasteiger partial charge in [0.25, 0.3) is 0 Å². The van der Waals surface area contributed by atoms with E-state index in [1.54, 1.807) is 6.07 Å². The van der Waals surface area contributed by atoms with E-state index in [2.05, 4.69) is 0 Å². The molecule has 0 spiro atoms. The summed E-state index contributed by atoms with van der Waals surface area (Å²) in [6, 6.07) is 12.2. The monoisotopic (exact) mass is 241 g/mol. The number of aryl methyl sites for hydroxylation is 1. The summed E-state index contributed by atoms with van der Waals surface area (Å²) in [4.78, 5) is 0. The Hall–Kier alpha value is -2.29. The molecule has 90 valence electrons. The van der Waals surface area contributed by atoms with Gasteiger partial charge < -0.3 is 10.2 Å². The normalized spacial score (nSPS) is 11.0. The molecular weight excluding hydrogens is 229 g/mol. The molecule has 0 fully saturated rings. The Morgan fingerprint density at radius 1 is 1.06 bits per heavy atom. The lowest BCUT2D eigenvalue weighted by atomic mass is 10.1. The third-order valence-corrected chi connectivity index (χ3v) is 2.93. The van der Waals surface area contributed by atoms with Crippen LogP contribution in [0.2, 0.25) is 0 Å². The summed E-state index contributed by atoms with van der Waals surface area (Å²) in [6.07, 6.45) is 0. The Labute approximate surface area is 104 Å². The molecule has 3 heteroatoms. The average molecular weight is 241 g/mol. The lowest BCUT2D eigenvalue weighted by Crippen LogP contribution is -1.88. The van der Waals surface area contributed by atoms with Crippen LogP contribution in [0.5, 0.6) is 0 Å². The molecule has 0 saturated heterocycles. The number of hydrogen-bond acceptors (Lipinski definition) is 2. The summed E-state index contributed by atoms with van der Waals surface area (Å²) in [5.74, 6) is 0.167. The molecule has 0 aliphatic heterocycles. The quantitative estimate of drug-likeness (QED) is 0.650. The van der Waals surface area contributed by atoms with Crippen LogP contribution in [0.25, 0.3) is 22.3 Å². The molecule has 2 N–H and O–H groups in total. The van der Waals surface area contributed by atoms with E-state index >= 15 is 0 Å². The highest BCUT2D eigenvalue weighted by Crippen LogP contribution is 2.31. The van der Waals surface area contributed by atoms with E-state index in [4.69, 9.17) is 10.2 Å². The Kier molecular flexibility index (Phi) is 2.33. The standard InChI is InChI=1S/C15H12FNO/c1-9-2-5-14-10(6-9)7-15(18-14)12-8-11(17)3-4-13(12)16/h2-8H,17H2,1H3. The lowest BCUT2D eigenvalue weighted by Gasteiger charge is -2.00. The van der Waals surface area contributed by atoms with Crippen molar-refractivity contribution in [3.05, 3.63) is 53.8 Å². The van der Waals surface area contributed by atoms with Gasteiger partial charge in [-0.25, -0.2) is 4.39 Å². The first kappa shape index (κ1) is 10.8. The first-order valence-corrected chi connectivity index (χ1v) is 5.69. The molecule has 3 aromatic rings. The van der Waals surface area contributed by atoms with Crippen LogP contribution in [0.4, 0.5) is 10.1 Å². The highest BCUT2D eigenvalue weighted by molar-refractivity contribution is 5.83. The molecule has 0 atom stereocenters. The molecule has 1 heterocycles. The van der Waals surface area contributed by atoms with Gasteiger partial charge in [0, 0.05) is 11.1 Å². The van der Waals surface area contributed by atoms with Crippen LogP contribution in [-0.2, 0) is 0 Å². The summed E-state index contributed by atoms with van der Waals surface area (Å²) in [5, 5.41) is 0.965. The van der Waals surface area contributed by atoms with E-state index in [0.717, 1.165) is 16.5 Å². The first-order chi connectivity index (χ1) is 8.63. The van der Waals surface area contributed by atoms with Crippen molar-refractivity contribution in [3.63, 3.8) is 0 Å². The molecule has 2 nitrogen and oxygen atoms in total. The fourth-order valence-electron chi connectivity index (χ4n) is 2.03. The second kappa shape index (κ2) is 3.88. The van der Waals surface area contributed by atoms with Crippen molar-refractivity contribution in [3.8, 4) is 11.3 Å². The van der Waals surface area contributed by atoms with Gasteiger partial charge in [-0.15, -0.1) is 0 Å². The number of halogens is 1. The third kappa shape index (κ3) is 1.74. The molecule has 0 radical (unpaired) electrons. The Morgan fingerprint density at radius 3 is 2.72 bits per heavy atom. The fourth-order valence-corrected chi connectivity index (χ4v) is 2.03. The molecule has 3 rings (SSSR count). The van der Waals surface area contributed by atoms with Crippen LogP contribution in [0.1, 0.15) is 5.56 Å². The molecule has 18 heavy (non-hydrogen) atoms. The smallest absolute Gasteiger partial charge is 0.138 e. The van der Waals surface area contributed by atoms with E-state index < -0.39 is 0 Å². The number of nitrogens with two attached hydrogens (primary N) is 1. The second-order valence-corrected chi connectivity index (χ2v) is 4.39. The summed E-state index contributed by atoms with van der Waals surface area (Å²) in [6.45, 7) is 2.01. The molecule has 0 aliphatic carbocycles. The topological polar surface area (TPSA) is 39.2 Å². The molecular formula is C15H12FNO. The minimum Gasteiger partial charge on any atom is -0.456 e.